The van der Waals surface area contributed by atoms with Crippen molar-refractivity contribution < 1.29 is 4.42 Å². The Bertz CT molecular complexity index is 2990. The van der Waals surface area contributed by atoms with E-state index in [1.54, 1.807) is 0 Å². The van der Waals surface area contributed by atoms with Crippen molar-refractivity contribution in [1.82, 2.24) is 14.5 Å². The molecule has 1 aliphatic rings. The van der Waals surface area contributed by atoms with E-state index in [1.165, 1.54) is 27.3 Å². The summed E-state index contributed by atoms with van der Waals surface area (Å²) in [5.74, 6) is 1.71. The summed E-state index contributed by atoms with van der Waals surface area (Å²) in [5.41, 5.74) is 11.8. The predicted octanol–water partition coefficient (Wildman–Crippen LogP) is 12.3. The fourth-order valence-electron chi connectivity index (χ4n) is 7.84. The molecule has 0 saturated heterocycles. The zero-order chi connectivity index (χ0) is 33.5. The van der Waals surface area contributed by atoms with Gasteiger partial charge in [-0.1, -0.05) is 127 Å². The van der Waals surface area contributed by atoms with Crippen LogP contribution in [0.25, 0.3) is 83.2 Å². The Morgan fingerprint density at radius 2 is 1.25 bits per heavy atom. The van der Waals surface area contributed by atoms with E-state index in [9.17, 15) is 0 Å². The lowest BCUT2D eigenvalue weighted by Gasteiger charge is -2.27. The first-order chi connectivity index (χ1) is 25.3. The summed E-state index contributed by atoms with van der Waals surface area (Å²) in [7, 11) is 0. The lowest BCUT2D eigenvalue weighted by molar-refractivity contribution is 0.667. The summed E-state index contributed by atoms with van der Waals surface area (Å²) >= 11 is 0. The molecule has 1 aliphatic heterocycles. The fourth-order valence-corrected chi connectivity index (χ4v) is 7.84. The number of fused-ring (bicyclic) bond motifs is 12. The van der Waals surface area contributed by atoms with Crippen molar-refractivity contribution in [3.8, 4) is 39.5 Å². The molecule has 11 rings (SSSR count). The highest BCUT2D eigenvalue weighted by Gasteiger charge is 2.29. The molecule has 0 atom stereocenters. The largest absolute Gasteiger partial charge is 0.452 e. The maximum absolute atomic E-state index is 6.40. The lowest BCUT2D eigenvalue weighted by Crippen LogP contribution is -2.13. The van der Waals surface area contributed by atoms with Gasteiger partial charge in [-0.25, -0.2) is 9.97 Å². The van der Waals surface area contributed by atoms with Gasteiger partial charge in [-0.05, 0) is 47.9 Å². The van der Waals surface area contributed by atoms with Gasteiger partial charge in [0.15, 0.2) is 11.4 Å². The molecule has 0 amide bonds. The molecular formula is C46H28N4O. The van der Waals surface area contributed by atoms with E-state index in [2.05, 4.69) is 143 Å². The third kappa shape index (κ3) is 4.15. The van der Waals surface area contributed by atoms with Gasteiger partial charge in [0.2, 0.25) is 0 Å². The highest BCUT2D eigenvalue weighted by atomic mass is 16.3. The monoisotopic (exact) mass is 652 g/mol. The molecule has 51 heavy (non-hydrogen) atoms. The Balaban J connectivity index is 1.21. The van der Waals surface area contributed by atoms with Crippen molar-refractivity contribution in [2.24, 2.45) is 0 Å². The summed E-state index contributed by atoms with van der Waals surface area (Å²) in [6, 6.07) is 59.8. The number of hydrogen-bond acceptors (Lipinski definition) is 4. The predicted molar refractivity (Wildman–Crippen MR) is 208 cm³/mol. The Morgan fingerprint density at radius 1 is 0.510 bits per heavy atom. The quantitative estimate of drug-likeness (QED) is 0.191. The van der Waals surface area contributed by atoms with Gasteiger partial charge in [0.05, 0.1) is 16.9 Å². The number of para-hydroxylation sites is 3. The Labute approximate surface area is 293 Å². The van der Waals surface area contributed by atoms with Crippen molar-refractivity contribution in [2.75, 3.05) is 4.90 Å². The Morgan fingerprint density at radius 3 is 2.18 bits per heavy atom. The van der Waals surface area contributed by atoms with Gasteiger partial charge in [-0.3, -0.25) is 9.47 Å². The van der Waals surface area contributed by atoms with Gasteiger partial charge < -0.3 is 4.42 Å². The van der Waals surface area contributed by atoms with Crippen LogP contribution in [0.1, 0.15) is 0 Å². The van der Waals surface area contributed by atoms with Gasteiger partial charge in [-0.2, -0.15) is 0 Å². The second-order valence-corrected chi connectivity index (χ2v) is 13.0. The summed E-state index contributed by atoms with van der Waals surface area (Å²) in [4.78, 5) is 12.8. The van der Waals surface area contributed by atoms with E-state index in [1.807, 2.05) is 36.4 Å². The average molecular weight is 653 g/mol. The number of anilines is 3. The minimum absolute atomic E-state index is 0.645. The van der Waals surface area contributed by atoms with Crippen LogP contribution in [0.15, 0.2) is 174 Å². The average Bonchev–Trinajstić information content (AvgIpc) is 3.73. The highest BCUT2D eigenvalue weighted by Crippen LogP contribution is 2.51. The van der Waals surface area contributed by atoms with E-state index in [0.29, 0.717) is 11.4 Å². The molecule has 10 aromatic rings. The maximum Gasteiger partial charge on any atom is 0.180 e. The van der Waals surface area contributed by atoms with Gasteiger partial charge in [0.25, 0.3) is 0 Å². The van der Waals surface area contributed by atoms with Crippen LogP contribution in [-0.4, -0.2) is 14.5 Å². The third-order valence-corrected chi connectivity index (χ3v) is 10.1. The molecule has 7 aromatic carbocycles. The molecule has 0 N–H and O–H groups in total. The number of aromatic nitrogens is 3. The molecule has 238 valence electrons. The first kappa shape index (κ1) is 27.9. The van der Waals surface area contributed by atoms with Crippen LogP contribution < -0.4 is 4.90 Å². The molecule has 0 radical (unpaired) electrons. The normalized spacial score (nSPS) is 12.3. The van der Waals surface area contributed by atoms with Gasteiger partial charge in [-0.15, -0.1) is 0 Å². The summed E-state index contributed by atoms with van der Waals surface area (Å²) in [5, 5.41) is 4.52. The SMILES string of the molecule is c1ccc(-c2nc(-c3cccc(N4c5c(ccc6ccccc56)-c5ccccc5-n5c4cc4ccccc45)c3)nc3c2oc2ccccc23)cc1. The number of nitrogens with zero attached hydrogens (tertiary/aromatic N) is 4. The lowest BCUT2D eigenvalue weighted by atomic mass is 9.96. The standard InChI is InChI=1S/C46H28N4O/c1-2-14-30(15-3-1)42-45-43(37-21-8-11-24-40(37)51-45)48-46(47-42)32-17-12-18-33(27-32)49-41-28-31-16-5-9-22-38(31)50(41)39-23-10-7-20-35(39)36-26-25-29-13-4-6-19-34(29)44(36)49/h1-28H. The van der Waals surface area contributed by atoms with E-state index in [4.69, 9.17) is 14.4 Å². The second-order valence-electron chi connectivity index (χ2n) is 13.0. The van der Waals surface area contributed by atoms with Gasteiger partial charge in [0, 0.05) is 44.1 Å². The molecule has 3 aromatic heterocycles. The van der Waals surface area contributed by atoms with Crippen LogP contribution in [0, 0.1) is 0 Å². The molecule has 0 fully saturated rings. The zero-order valence-corrected chi connectivity index (χ0v) is 27.4. The summed E-state index contributed by atoms with van der Waals surface area (Å²) in [6.07, 6.45) is 0. The van der Waals surface area contributed by atoms with Gasteiger partial charge >= 0.3 is 0 Å². The number of benzene rings is 7. The molecule has 0 spiro atoms. The topological polar surface area (TPSA) is 47.1 Å². The van der Waals surface area contributed by atoms with Crippen molar-refractivity contribution in [3.05, 3.63) is 170 Å². The van der Waals surface area contributed by atoms with E-state index < -0.39 is 0 Å². The van der Waals surface area contributed by atoms with Crippen molar-refractivity contribution in [3.63, 3.8) is 0 Å². The summed E-state index contributed by atoms with van der Waals surface area (Å²) in [6.45, 7) is 0. The van der Waals surface area contributed by atoms with E-state index >= 15 is 0 Å². The van der Waals surface area contributed by atoms with Crippen LogP contribution in [0.5, 0.6) is 0 Å². The van der Waals surface area contributed by atoms with Crippen molar-refractivity contribution in [1.29, 1.82) is 0 Å². The zero-order valence-electron chi connectivity index (χ0n) is 27.4. The molecular weight excluding hydrogens is 625 g/mol. The molecule has 4 heterocycles. The Kier molecular flexibility index (Phi) is 5.89. The molecule has 5 nitrogen and oxygen atoms in total. The molecule has 0 unspecified atom stereocenters. The first-order valence-electron chi connectivity index (χ1n) is 17.2. The maximum atomic E-state index is 6.40. The first-order valence-corrected chi connectivity index (χ1v) is 17.2. The fraction of sp³-hybridized carbons (Fsp3) is 0. The number of rotatable bonds is 3. The molecule has 0 saturated carbocycles. The van der Waals surface area contributed by atoms with Crippen LogP contribution in [-0.2, 0) is 0 Å². The van der Waals surface area contributed by atoms with Crippen LogP contribution >= 0.6 is 0 Å². The van der Waals surface area contributed by atoms with E-state index in [0.717, 1.165) is 61.7 Å². The van der Waals surface area contributed by atoms with Gasteiger partial charge in [0.1, 0.15) is 22.6 Å². The Hall–Kier alpha value is -6.98. The molecule has 5 heteroatoms. The molecule has 0 bridgehead atoms. The highest BCUT2D eigenvalue weighted by molar-refractivity contribution is 6.10. The minimum Gasteiger partial charge on any atom is -0.452 e. The van der Waals surface area contributed by atoms with Crippen LogP contribution in [0.2, 0.25) is 0 Å². The third-order valence-electron chi connectivity index (χ3n) is 10.1. The minimum atomic E-state index is 0.645. The number of furan rings is 1. The smallest absolute Gasteiger partial charge is 0.180 e. The number of hydrogen-bond donors (Lipinski definition) is 0. The summed E-state index contributed by atoms with van der Waals surface area (Å²) < 4.78 is 8.81. The molecule has 0 aliphatic carbocycles. The van der Waals surface area contributed by atoms with Crippen molar-refractivity contribution in [2.45, 2.75) is 0 Å². The van der Waals surface area contributed by atoms with E-state index in [-0.39, 0.29) is 0 Å². The van der Waals surface area contributed by atoms with Crippen LogP contribution in [0.3, 0.4) is 0 Å². The van der Waals surface area contributed by atoms with Crippen LogP contribution in [0.4, 0.5) is 17.2 Å². The second kappa shape index (κ2) is 10.8. The van der Waals surface area contributed by atoms with Crippen molar-refractivity contribution >= 4 is 60.9 Å².